The van der Waals surface area contributed by atoms with Gasteiger partial charge in [0.15, 0.2) is 0 Å². The number of halogens is 2. The molecule has 3 aromatic rings. The Balaban J connectivity index is 1.44. The maximum Gasteiger partial charge on any atom is 0.294 e. The van der Waals surface area contributed by atoms with Gasteiger partial charge in [-0.1, -0.05) is 59.6 Å². The number of anilines is 1. The normalized spacial score (nSPS) is 14.5. The van der Waals surface area contributed by atoms with Crippen molar-refractivity contribution in [2.24, 2.45) is 0 Å². The molecule has 1 N–H and O–H groups in total. The summed E-state index contributed by atoms with van der Waals surface area (Å²) in [5, 5.41) is 2.57. The summed E-state index contributed by atoms with van der Waals surface area (Å²) in [4.78, 5) is 39.0. The maximum atomic E-state index is 12.9. The molecule has 35 heavy (non-hydrogen) atoms. The molecular weight excluding hydrogens is 552 g/mol. The Hall–Kier alpha value is -3.07. The summed E-state index contributed by atoms with van der Waals surface area (Å²) < 4.78 is 6.68. The molecule has 6 nitrogen and oxygen atoms in total. The topological polar surface area (TPSA) is 75.7 Å². The Kier molecular flexibility index (Phi) is 7.95. The Bertz CT molecular complexity index is 1340. The van der Waals surface area contributed by atoms with Crippen molar-refractivity contribution >= 4 is 68.1 Å². The first-order valence-electron chi connectivity index (χ1n) is 10.6. The second-order valence-electron chi connectivity index (χ2n) is 7.76. The summed E-state index contributed by atoms with van der Waals surface area (Å²) in [5.41, 5.74) is 3.29. The molecule has 0 spiro atoms. The van der Waals surface area contributed by atoms with E-state index in [0.29, 0.717) is 33.1 Å². The zero-order valence-electron chi connectivity index (χ0n) is 18.6. The number of amides is 3. The van der Waals surface area contributed by atoms with E-state index >= 15 is 0 Å². The van der Waals surface area contributed by atoms with Crippen molar-refractivity contribution < 1.29 is 19.1 Å². The van der Waals surface area contributed by atoms with E-state index < -0.39 is 23.6 Å². The lowest BCUT2D eigenvalue weighted by Gasteiger charge is -2.13. The van der Waals surface area contributed by atoms with E-state index in [1.807, 2.05) is 55.5 Å². The molecule has 0 aliphatic carbocycles. The third-order valence-corrected chi connectivity index (χ3v) is 7.20. The number of rotatable bonds is 7. The lowest BCUT2D eigenvalue weighted by Crippen LogP contribution is -2.36. The van der Waals surface area contributed by atoms with Crippen LogP contribution in [0.2, 0.25) is 5.02 Å². The second-order valence-corrected chi connectivity index (χ2v) is 10.0. The number of benzene rings is 3. The van der Waals surface area contributed by atoms with E-state index in [0.717, 1.165) is 27.8 Å². The molecule has 4 rings (SSSR count). The maximum absolute atomic E-state index is 12.9. The molecule has 9 heteroatoms. The highest BCUT2D eigenvalue weighted by molar-refractivity contribution is 9.10. The summed E-state index contributed by atoms with van der Waals surface area (Å²) in [6, 6.07) is 20.2. The molecular formula is C26H20BrClN2O4S. The largest absolute Gasteiger partial charge is 0.488 e. The van der Waals surface area contributed by atoms with E-state index in [4.69, 9.17) is 16.3 Å². The van der Waals surface area contributed by atoms with E-state index in [1.165, 1.54) is 0 Å². The first-order chi connectivity index (χ1) is 16.8. The van der Waals surface area contributed by atoms with Crippen molar-refractivity contribution in [1.82, 2.24) is 4.90 Å². The van der Waals surface area contributed by atoms with Gasteiger partial charge in [-0.2, -0.15) is 0 Å². The van der Waals surface area contributed by atoms with Crippen LogP contribution in [0.4, 0.5) is 10.5 Å². The monoisotopic (exact) mass is 570 g/mol. The molecule has 0 atom stereocenters. The molecule has 178 valence electrons. The molecule has 0 bridgehead atoms. The van der Waals surface area contributed by atoms with E-state index in [9.17, 15) is 14.4 Å². The van der Waals surface area contributed by atoms with Gasteiger partial charge in [-0.25, -0.2) is 0 Å². The van der Waals surface area contributed by atoms with Crippen molar-refractivity contribution in [3.8, 4) is 5.75 Å². The number of ether oxygens (including phenoxy) is 1. The first-order valence-corrected chi connectivity index (χ1v) is 12.6. The fourth-order valence-electron chi connectivity index (χ4n) is 3.39. The zero-order valence-corrected chi connectivity index (χ0v) is 21.7. The lowest BCUT2D eigenvalue weighted by molar-refractivity contribution is -0.127. The number of para-hydroxylation sites is 1. The number of nitrogens with one attached hydrogen (secondary N) is 1. The van der Waals surface area contributed by atoms with Crippen molar-refractivity contribution in [3.63, 3.8) is 0 Å². The summed E-state index contributed by atoms with van der Waals surface area (Å²) in [6.07, 6.45) is 1.61. The lowest BCUT2D eigenvalue weighted by atomic mass is 10.1. The third-order valence-electron chi connectivity index (χ3n) is 5.06. The van der Waals surface area contributed by atoms with Gasteiger partial charge in [-0.15, -0.1) is 0 Å². The smallest absolute Gasteiger partial charge is 0.294 e. The van der Waals surface area contributed by atoms with Gasteiger partial charge >= 0.3 is 0 Å². The van der Waals surface area contributed by atoms with Crippen LogP contribution in [0.25, 0.3) is 6.08 Å². The number of carbonyl (C=O) groups is 3. The van der Waals surface area contributed by atoms with E-state index in [1.54, 1.807) is 24.3 Å². The average Bonchev–Trinajstić information content (AvgIpc) is 3.08. The molecule has 1 saturated heterocycles. The molecule has 3 amide bonds. The Morgan fingerprint density at radius 3 is 2.69 bits per heavy atom. The van der Waals surface area contributed by atoms with Crippen LogP contribution >= 0.6 is 39.3 Å². The molecule has 1 fully saturated rings. The van der Waals surface area contributed by atoms with Gasteiger partial charge in [0.1, 0.15) is 18.9 Å². The summed E-state index contributed by atoms with van der Waals surface area (Å²) in [6.45, 7) is 1.98. The molecule has 3 aromatic carbocycles. The van der Waals surface area contributed by atoms with Gasteiger partial charge < -0.3 is 10.1 Å². The molecule has 0 radical (unpaired) electrons. The minimum Gasteiger partial charge on any atom is -0.488 e. The first kappa shape index (κ1) is 25.0. The standard InChI is InChI=1S/C26H20BrClN2O4S/c1-16-5-4-6-17(11-16)15-34-22-8-3-2-7-18(22)12-23-25(32)30(26(33)35-23)14-24(31)29-19-9-10-20(27)21(28)13-19/h2-13H,14-15H2,1H3,(H,29,31)/b23-12+. The number of hydrogen-bond acceptors (Lipinski definition) is 5. The van der Waals surface area contributed by atoms with Gasteiger partial charge in [0.05, 0.1) is 9.93 Å². The number of hydrogen-bond donors (Lipinski definition) is 1. The third kappa shape index (κ3) is 6.33. The Morgan fingerprint density at radius 2 is 1.91 bits per heavy atom. The van der Waals surface area contributed by atoms with Crippen LogP contribution < -0.4 is 10.1 Å². The fraction of sp³-hybridized carbons (Fsp3) is 0.115. The number of nitrogens with zero attached hydrogens (tertiary/aromatic N) is 1. The second kappa shape index (κ2) is 11.1. The number of imide groups is 1. The van der Waals surface area contributed by atoms with Gasteiger partial charge in [-0.05, 0) is 70.5 Å². The van der Waals surface area contributed by atoms with Gasteiger partial charge in [0.2, 0.25) is 5.91 Å². The van der Waals surface area contributed by atoms with Crippen LogP contribution in [0.5, 0.6) is 5.75 Å². The number of aryl methyl sites for hydroxylation is 1. The zero-order chi connectivity index (χ0) is 24.9. The van der Waals surface area contributed by atoms with E-state index in [2.05, 4.69) is 21.2 Å². The molecule has 1 aliphatic heterocycles. The minimum atomic E-state index is -0.530. The average molecular weight is 572 g/mol. The van der Waals surface area contributed by atoms with Crippen LogP contribution in [-0.4, -0.2) is 28.5 Å². The van der Waals surface area contributed by atoms with E-state index in [-0.39, 0.29) is 4.91 Å². The SMILES string of the molecule is Cc1cccc(COc2ccccc2/C=C2/SC(=O)N(CC(=O)Nc3ccc(Br)c(Cl)c3)C2=O)c1. The van der Waals surface area contributed by atoms with Crippen LogP contribution in [-0.2, 0) is 16.2 Å². The fourth-order valence-corrected chi connectivity index (χ4v) is 4.65. The van der Waals surface area contributed by atoms with Crippen molar-refractivity contribution in [2.75, 3.05) is 11.9 Å². The molecule has 1 heterocycles. The molecule has 0 unspecified atom stereocenters. The van der Waals surface area contributed by atoms with Crippen molar-refractivity contribution in [3.05, 3.63) is 97.8 Å². The predicted octanol–water partition coefficient (Wildman–Crippen LogP) is 6.66. The Morgan fingerprint density at radius 1 is 1.11 bits per heavy atom. The molecule has 0 aromatic heterocycles. The Labute approximate surface area is 220 Å². The number of carbonyl (C=O) groups excluding carboxylic acids is 3. The summed E-state index contributed by atoms with van der Waals surface area (Å²) in [5.74, 6) is -0.447. The quantitative estimate of drug-likeness (QED) is 0.321. The minimum absolute atomic E-state index is 0.223. The van der Waals surface area contributed by atoms with Crippen LogP contribution in [0.3, 0.4) is 0 Å². The van der Waals surface area contributed by atoms with Gasteiger partial charge in [-0.3, -0.25) is 19.3 Å². The van der Waals surface area contributed by atoms with Gasteiger partial charge in [0.25, 0.3) is 11.1 Å². The highest BCUT2D eigenvalue weighted by Gasteiger charge is 2.36. The van der Waals surface area contributed by atoms with Gasteiger partial charge in [0, 0.05) is 15.7 Å². The molecule has 1 aliphatic rings. The highest BCUT2D eigenvalue weighted by atomic mass is 79.9. The predicted molar refractivity (Wildman–Crippen MR) is 142 cm³/mol. The van der Waals surface area contributed by atoms with Crippen molar-refractivity contribution in [2.45, 2.75) is 13.5 Å². The summed E-state index contributed by atoms with van der Waals surface area (Å²) in [7, 11) is 0. The van der Waals surface area contributed by atoms with Crippen LogP contribution in [0, 0.1) is 6.92 Å². The molecule has 0 saturated carbocycles. The summed E-state index contributed by atoms with van der Waals surface area (Å²) >= 11 is 10.1. The highest BCUT2D eigenvalue weighted by Crippen LogP contribution is 2.34. The van der Waals surface area contributed by atoms with Crippen LogP contribution in [0.15, 0.2) is 76.1 Å². The van der Waals surface area contributed by atoms with Crippen LogP contribution in [0.1, 0.15) is 16.7 Å². The number of thioether (sulfide) groups is 1. The van der Waals surface area contributed by atoms with Crippen molar-refractivity contribution in [1.29, 1.82) is 0 Å².